The molecular weight excluding hydrogens is 420 g/mol. The van der Waals surface area contributed by atoms with Crippen LogP contribution in [0.2, 0.25) is 0 Å². The fraction of sp³-hybridized carbons (Fsp3) is 0.250. The maximum Gasteiger partial charge on any atom is 0.356 e. The van der Waals surface area contributed by atoms with E-state index in [4.69, 9.17) is 14.2 Å². The van der Waals surface area contributed by atoms with E-state index in [-0.39, 0.29) is 29.4 Å². The van der Waals surface area contributed by atoms with Crippen molar-refractivity contribution in [3.05, 3.63) is 77.6 Å². The molecule has 166 valence electrons. The Morgan fingerprint density at radius 3 is 2.38 bits per heavy atom. The zero-order valence-electron chi connectivity index (χ0n) is 17.3. The maximum atomic E-state index is 14.5. The van der Waals surface area contributed by atoms with Crippen molar-refractivity contribution in [3.8, 4) is 23.0 Å². The molecule has 0 unspecified atom stereocenters. The Kier molecular flexibility index (Phi) is 6.49. The third-order valence-electron chi connectivity index (χ3n) is 4.85. The fourth-order valence-electron chi connectivity index (χ4n) is 2.89. The van der Waals surface area contributed by atoms with Gasteiger partial charge in [0.05, 0.1) is 25.5 Å². The summed E-state index contributed by atoms with van der Waals surface area (Å²) < 4.78 is 50.3. The summed E-state index contributed by atoms with van der Waals surface area (Å²) in [7, 11) is 1.24. The number of halogens is 2. The van der Waals surface area contributed by atoms with Crippen molar-refractivity contribution in [1.29, 1.82) is 0 Å². The lowest BCUT2D eigenvalue weighted by Gasteiger charge is -2.12. The Morgan fingerprint density at radius 1 is 0.969 bits per heavy atom. The van der Waals surface area contributed by atoms with Gasteiger partial charge in [-0.05, 0) is 43.0 Å². The average molecular weight is 441 g/mol. The summed E-state index contributed by atoms with van der Waals surface area (Å²) in [5.74, 6) is -0.263. The van der Waals surface area contributed by atoms with Crippen LogP contribution in [-0.4, -0.2) is 24.7 Å². The van der Waals surface area contributed by atoms with E-state index >= 15 is 0 Å². The second-order valence-corrected chi connectivity index (χ2v) is 7.36. The molecule has 0 N–H and O–H groups in total. The standard InChI is InChI=1S/C24H21F2NO5/c1-29-24(28)23-8-7-18(12-27-23)31-14-20-21(25)10-19(11-22(20)26)32-17-4-2-3-16(9-17)30-13-15-5-6-15/h2-4,7-12,15H,5-6,13-14H2,1H3. The molecule has 1 fully saturated rings. The second kappa shape index (κ2) is 9.64. The van der Waals surface area contributed by atoms with Crippen molar-refractivity contribution >= 4 is 5.97 Å². The number of carbonyl (C=O) groups is 1. The number of pyridine rings is 1. The monoisotopic (exact) mass is 441 g/mol. The van der Waals surface area contributed by atoms with Crippen molar-refractivity contribution < 1.29 is 32.5 Å². The molecule has 0 atom stereocenters. The van der Waals surface area contributed by atoms with E-state index in [9.17, 15) is 13.6 Å². The number of ether oxygens (including phenoxy) is 4. The Balaban J connectivity index is 1.39. The normalized spacial score (nSPS) is 12.8. The number of esters is 1. The summed E-state index contributed by atoms with van der Waals surface area (Å²) in [6.07, 6.45) is 3.64. The molecule has 1 aliphatic carbocycles. The molecule has 0 bridgehead atoms. The van der Waals surface area contributed by atoms with Crippen LogP contribution in [0.15, 0.2) is 54.7 Å². The van der Waals surface area contributed by atoms with E-state index in [1.54, 1.807) is 18.2 Å². The summed E-state index contributed by atoms with van der Waals surface area (Å²) >= 11 is 0. The molecule has 0 radical (unpaired) electrons. The number of rotatable bonds is 9. The quantitative estimate of drug-likeness (QED) is 0.420. The number of hydrogen-bond donors (Lipinski definition) is 0. The van der Waals surface area contributed by atoms with E-state index in [0.717, 1.165) is 12.1 Å². The van der Waals surface area contributed by atoms with Crippen LogP contribution in [0.1, 0.15) is 28.9 Å². The Bertz CT molecular complexity index is 1080. The van der Waals surface area contributed by atoms with Crippen molar-refractivity contribution in [3.63, 3.8) is 0 Å². The molecule has 32 heavy (non-hydrogen) atoms. The first-order chi connectivity index (χ1) is 15.5. The number of nitrogens with zero attached hydrogens (tertiary/aromatic N) is 1. The van der Waals surface area contributed by atoms with Gasteiger partial charge in [0.2, 0.25) is 0 Å². The molecule has 0 aliphatic heterocycles. The van der Waals surface area contributed by atoms with Crippen LogP contribution in [-0.2, 0) is 11.3 Å². The highest BCUT2D eigenvalue weighted by atomic mass is 19.1. The Hall–Kier alpha value is -3.68. The van der Waals surface area contributed by atoms with Gasteiger partial charge in [-0.1, -0.05) is 6.07 Å². The maximum absolute atomic E-state index is 14.5. The van der Waals surface area contributed by atoms with Crippen molar-refractivity contribution in [2.75, 3.05) is 13.7 Å². The molecule has 0 saturated heterocycles. The zero-order chi connectivity index (χ0) is 22.5. The average Bonchev–Trinajstić information content (AvgIpc) is 3.62. The molecule has 1 aliphatic rings. The van der Waals surface area contributed by atoms with Crippen LogP contribution in [0.25, 0.3) is 0 Å². The smallest absolute Gasteiger partial charge is 0.356 e. The SMILES string of the molecule is COC(=O)c1ccc(OCc2c(F)cc(Oc3cccc(OCC4CC4)c3)cc2F)cn1. The summed E-state index contributed by atoms with van der Waals surface area (Å²) in [4.78, 5) is 15.3. The predicted octanol–water partition coefficient (Wildman–Crippen LogP) is 5.31. The molecule has 0 spiro atoms. The van der Waals surface area contributed by atoms with Gasteiger partial charge in [-0.2, -0.15) is 0 Å². The summed E-state index contributed by atoms with van der Waals surface area (Å²) in [6, 6.07) is 12.0. The minimum atomic E-state index is -0.805. The molecule has 8 heteroatoms. The van der Waals surface area contributed by atoms with Gasteiger partial charge in [-0.15, -0.1) is 0 Å². The molecule has 1 heterocycles. The second-order valence-electron chi connectivity index (χ2n) is 7.36. The van der Waals surface area contributed by atoms with Gasteiger partial charge >= 0.3 is 5.97 Å². The largest absolute Gasteiger partial charge is 0.493 e. The van der Waals surface area contributed by atoms with Gasteiger partial charge in [0.25, 0.3) is 0 Å². The highest BCUT2D eigenvalue weighted by molar-refractivity contribution is 5.87. The zero-order valence-corrected chi connectivity index (χ0v) is 17.3. The minimum Gasteiger partial charge on any atom is -0.493 e. The van der Waals surface area contributed by atoms with Gasteiger partial charge in [0.1, 0.15) is 46.9 Å². The van der Waals surface area contributed by atoms with E-state index in [0.29, 0.717) is 24.0 Å². The van der Waals surface area contributed by atoms with Crippen molar-refractivity contribution in [2.45, 2.75) is 19.4 Å². The van der Waals surface area contributed by atoms with E-state index in [1.165, 1.54) is 38.3 Å². The van der Waals surface area contributed by atoms with Gasteiger partial charge in [0.15, 0.2) is 0 Å². The summed E-state index contributed by atoms with van der Waals surface area (Å²) in [5, 5.41) is 0. The molecular formula is C24H21F2NO5. The van der Waals surface area contributed by atoms with E-state index in [1.807, 2.05) is 6.07 Å². The van der Waals surface area contributed by atoms with Crippen LogP contribution in [0.5, 0.6) is 23.0 Å². The minimum absolute atomic E-state index is 0.0205. The predicted molar refractivity (Wildman–Crippen MR) is 111 cm³/mol. The third-order valence-corrected chi connectivity index (χ3v) is 4.85. The molecule has 4 rings (SSSR count). The Morgan fingerprint density at radius 2 is 1.72 bits per heavy atom. The van der Waals surface area contributed by atoms with Gasteiger partial charge < -0.3 is 18.9 Å². The van der Waals surface area contributed by atoms with Gasteiger partial charge in [-0.25, -0.2) is 18.6 Å². The lowest BCUT2D eigenvalue weighted by atomic mass is 10.2. The fourth-order valence-corrected chi connectivity index (χ4v) is 2.89. The highest BCUT2D eigenvalue weighted by Gasteiger charge is 2.22. The lowest BCUT2D eigenvalue weighted by Crippen LogP contribution is -2.05. The molecule has 2 aromatic carbocycles. The van der Waals surface area contributed by atoms with E-state index < -0.39 is 17.6 Å². The number of aromatic nitrogens is 1. The first kappa shape index (κ1) is 21.5. The Labute approximate surface area is 183 Å². The van der Waals surface area contributed by atoms with Crippen LogP contribution in [0.4, 0.5) is 8.78 Å². The van der Waals surface area contributed by atoms with Crippen molar-refractivity contribution in [1.82, 2.24) is 4.98 Å². The van der Waals surface area contributed by atoms with Crippen LogP contribution >= 0.6 is 0 Å². The van der Waals surface area contributed by atoms with Crippen molar-refractivity contribution in [2.24, 2.45) is 5.92 Å². The molecule has 1 saturated carbocycles. The number of hydrogen-bond acceptors (Lipinski definition) is 6. The summed E-state index contributed by atoms with van der Waals surface area (Å²) in [5.41, 5.74) is -0.156. The van der Waals surface area contributed by atoms with Crippen LogP contribution in [0.3, 0.4) is 0 Å². The molecule has 3 aromatic rings. The van der Waals surface area contributed by atoms with Crippen LogP contribution < -0.4 is 14.2 Å². The number of methoxy groups -OCH3 is 1. The molecule has 1 aromatic heterocycles. The highest BCUT2D eigenvalue weighted by Crippen LogP contribution is 2.32. The number of benzene rings is 2. The molecule has 6 nitrogen and oxygen atoms in total. The van der Waals surface area contributed by atoms with Gasteiger partial charge in [0, 0.05) is 18.2 Å². The topological polar surface area (TPSA) is 66.9 Å². The first-order valence-electron chi connectivity index (χ1n) is 10.1. The van der Waals surface area contributed by atoms with Gasteiger partial charge in [-0.3, -0.25) is 0 Å². The van der Waals surface area contributed by atoms with Crippen LogP contribution in [0, 0.1) is 17.6 Å². The van der Waals surface area contributed by atoms with E-state index in [2.05, 4.69) is 9.72 Å². The molecule has 0 amide bonds. The summed E-state index contributed by atoms with van der Waals surface area (Å²) in [6.45, 7) is 0.296. The number of carbonyl (C=O) groups excluding carboxylic acids is 1. The third kappa shape index (κ3) is 5.51. The lowest BCUT2D eigenvalue weighted by molar-refractivity contribution is 0.0594. The first-order valence-corrected chi connectivity index (χ1v) is 10.1.